The van der Waals surface area contributed by atoms with Crippen LogP contribution in [0.15, 0.2) is 36.7 Å². The van der Waals surface area contributed by atoms with E-state index in [9.17, 15) is 4.79 Å². The smallest absolute Gasteiger partial charge is 0.228 e. The zero-order chi connectivity index (χ0) is 16.5. The molecule has 124 valence electrons. The summed E-state index contributed by atoms with van der Waals surface area (Å²) in [5, 5.41) is 4.19. The Bertz CT molecular complexity index is 869. The molecule has 1 atom stereocenters. The number of aromatic nitrogens is 3. The first-order valence-corrected chi connectivity index (χ1v) is 9.17. The molecule has 3 aromatic heterocycles. The molecule has 3 aromatic rings. The molecule has 1 fully saturated rings. The van der Waals surface area contributed by atoms with Gasteiger partial charge in [-0.15, -0.1) is 11.3 Å². The number of hydrogen-bond donors (Lipinski definition) is 0. The molecular weight excluding hydrogens is 320 g/mol. The van der Waals surface area contributed by atoms with Gasteiger partial charge in [-0.05, 0) is 44.4 Å². The fraction of sp³-hybridized carbons (Fsp3) is 0.389. The van der Waals surface area contributed by atoms with E-state index in [2.05, 4.69) is 24.2 Å². The van der Waals surface area contributed by atoms with Gasteiger partial charge in [0, 0.05) is 28.6 Å². The summed E-state index contributed by atoms with van der Waals surface area (Å²) in [6.07, 6.45) is 7.35. The molecule has 0 aromatic carbocycles. The van der Waals surface area contributed by atoms with Crippen molar-refractivity contribution in [3.8, 4) is 0 Å². The summed E-state index contributed by atoms with van der Waals surface area (Å²) in [6.45, 7) is 2.90. The van der Waals surface area contributed by atoms with Crippen LogP contribution >= 0.6 is 11.3 Å². The summed E-state index contributed by atoms with van der Waals surface area (Å²) in [7, 11) is 0. The van der Waals surface area contributed by atoms with E-state index < -0.39 is 0 Å². The molecule has 1 saturated heterocycles. The molecule has 0 spiro atoms. The molecular formula is C18H20N4OS. The van der Waals surface area contributed by atoms with Gasteiger partial charge in [-0.1, -0.05) is 0 Å². The fourth-order valence-corrected chi connectivity index (χ4v) is 4.26. The van der Waals surface area contributed by atoms with Crippen LogP contribution in [-0.2, 0) is 11.2 Å². The first-order chi connectivity index (χ1) is 11.7. The SMILES string of the molecule is Cc1ccc(CC(=O)N2CCCCC2c2ccn3nccc3n2)s1. The van der Waals surface area contributed by atoms with Gasteiger partial charge in [0.1, 0.15) is 0 Å². The van der Waals surface area contributed by atoms with Crippen LogP contribution in [0.3, 0.4) is 0 Å². The molecule has 0 bridgehead atoms. The van der Waals surface area contributed by atoms with Gasteiger partial charge in [0.15, 0.2) is 5.65 Å². The minimum atomic E-state index is 0.0761. The van der Waals surface area contributed by atoms with Gasteiger partial charge in [-0.25, -0.2) is 9.50 Å². The van der Waals surface area contributed by atoms with Crippen LogP contribution < -0.4 is 0 Å². The van der Waals surface area contributed by atoms with E-state index in [-0.39, 0.29) is 11.9 Å². The lowest BCUT2D eigenvalue weighted by Gasteiger charge is -2.35. The van der Waals surface area contributed by atoms with Crippen LogP contribution in [-0.4, -0.2) is 31.9 Å². The summed E-state index contributed by atoms with van der Waals surface area (Å²) in [4.78, 5) is 22.0. The summed E-state index contributed by atoms with van der Waals surface area (Å²) in [5.74, 6) is 0.205. The van der Waals surface area contributed by atoms with E-state index in [1.807, 2.05) is 23.2 Å². The number of piperidine rings is 1. The number of likely N-dealkylation sites (tertiary alicyclic amines) is 1. The normalized spacial score (nSPS) is 18.2. The lowest BCUT2D eigenvalue weighted by molar-refractivity contribution is -0.134. The Hall–Kier alpha value is -2.21. The topological polar surface area (TPSA) is 50.5 Å². The Morgan fingerprint density at radius 2 is 2.21 bits per heavy atom. The van der Waals surface area contributed by atoms with Gasteiger partial charge in [-0.2, -0.15) is 5.10 Å². The molecule has 4 heterocycles. The van der Waals surface area contributed by atoms with E-state index in [0.717, 1.165) is 42.0 Å². The monoisotopic (exact) mass is 340 g/mol. The highest BCUT2D eigenvalue weighted by Crippen LogP contribution is 2.31. The molecule has 0 radical (unpaired) electrons. The van der Waals surface area contributed by atoms with Gasteiger partial charge in [0.25, 0.3) is 0 Å². The van der Waals surface area contributed by atoms with Crippen LogP contribution in [0.2, 0.25) is 0 Å². The van der Waals surface area contributed by atoms with Gasteiger partial charge < -0.3 is 4.90 Å². The summed E-state index contributed by atoms with van der Waals surface area (Å²) < 4.78 is 1.76. The minimum Gasteiger partial charge on any atom is -0.334 e. The number of thiophene rings is 1. The van der Waals surface area contributed by atoms with Crippen molar-refractivity contribution < 1.29 is 4.79 Å². The second-order valence-electron chi connectivity index (χ2n) is 6.27. The van der Waals surface area contributed by atoms with Crippen molar-refractivity contribution in [3.05, 3.63) is 52.1 Å². The number of carbonyl (C=O) groups is 1. The molecule has 4 rings (SSSR count). The lowest BCUT2D eigenvalue weighted by Crippen LogP contribution is -2.39. The average molecular weight is 340 g/mol. The van der Waals surface area contributed by atoms with Crippen molar-refractivity contribution in [1.82, 2.24) is 19.5 Å². The van der Waals surface area contributed by atoms with Crippen LogP contribution in [0, 0.1) is 6.92 Å². The lowest BCUT2D eigenvalue weighted by atomic mass is 9.98. The maximum Gasteiger partial charge on any atom is 0.228 e. The molecule has 6 heteroatoms. The first kappa shape index (κ1) is 15.3. The van der Waals surface area contributed by atoms with Gasteiger partial charge in [-0.3, -0.25) is 4.79 Å². The second-order valence-corrected chi connectivity index (χ2v) is 7.65. The minimum absolute atomic E-state index is 0.0761. The Morgan fingerprint density at radius 1 is 1.29 bits per heavy atom. The summed E-state index contributed by atoms with van der Waals surface area (Å²) in [6, 6.07) is 8.11. The average Bonchev–Trinajstić information content (AvgIpc) is 3.22. The molecule has 0 saturated carbocycles. The number of carbonyl (C=O) groups excluding carboxylic acids is 1. The highest BCUT2D eigenvalue weighted by molar-refractivity contribution is 7.12. The molecule has 1 amide bonds. The number of aryl methyl sites for hydroxylation is 1. The van der Waals surface area contributed by atoms with Gasteiger partial charge in [0.05, 0.1) is 24.4 Å². The molecule has 5 nitrogen and oxygen atoms in total. The molecule has 1 unspecified atom stereocenters. The highest BCUT2D eigenvalue weighted by atomic mass is 32.1. The number of amides is 1. The molecule has 0 aliphatic carbocycles. The Labute approximate surface area is 144 Å². The maximum atomic E-state index is 12.9. The van der Waals surface area contributed by atoms with Crippen LogP contribution in [0.25, 0.3) is 5.65 Å². The highest BCUT2D eigenvalue weighted by Gasteiger charge is 2.29. The van der Waals surface area contributed by atoms with E-state index in [1.165, 1.54) is 4.88 Å². The van der Waals surface area contributed by atoms with Crippen LogP contribution in [0.4, 0.5) is 0 Å². The van der Waals surface area contributed by atoms with E-state index in [4.69, 9.17) is 4.98 Å². The summed E-state index contributed by atoms with van der Waals surface area (Å²) >= 11 is 1.71. The van der Waals surface area contributed by atoms with Crippen molar-refractivity contribution >= 4 is 22.9 Å². The zero-order valence-corrected chi connectivity index (χ0v) is 14.5. The Balaban J connectivity index is 1.58. The molecule has 1 aliphatic rings. The second kappa shape index (κ2) is 6.36. The van der Waals surface area contributed by atoms with Gasteiger partial charge in [0.2, 0.25) is 5.91 Å². The number of rotatable bonds is 3. The van der Waals surface area contributed by atoms with E-state index in [1.54, 1.807) is 22.0 Å². The standard InChI is InChI=1S/C18H20N4OS/c1-13-5-6-14(24-13)12-18(23)21-10-3-2-4-16(21)15-8-11-22-17(20-15)7-9-19-22/h5-9,11,16H,2-4,10,12H2,1H3. The summed E-state index contributed by atoms with van der Waals surface area (Å²) in [5.41, 5.74) is 1.80. The third kappa shape index (κ3) is 2.94. The largest absolute Gasteiger partial charge is 0.334 e. The van der Waals surface area contributed by atoms with E-state index in [0.29, 0.717) is 6.42 Å². The fourth-order valence-electron chi connectivity index (χ4n) is 3.38. The third-order valence-corrected chi connectivity index (χ3v) is 5.57. The Kier molecular flexibility index (Phi) is 4.06. The van der Waals surface area contributed by atoms with Crippen molar-refractivity contribution in [2.75, 3.05) is 6.54 Å². The quantitative estimate of drug-likeness (QED) is 0.734. The first-order valence-electron chi connectivity index (χ1n) is 8.36. The van der Waals surface area contributed by atoms with Crippen molar-refractivity contribution in [3.63, 3.8) is 0 Å². The van der Waals surface area contributed by atoms with E-state index >= 15 is 0 Å². The van der Waals surface area contributed by atoms with Crippen molar-refractivity contribution in [2.45, 2.75) is 38.6 Å². The van der Waals surface area contributed by atoms with Gasteiger partial charge >= 0.3 is 0 Å². The number of nitrogens with zero attached hydrogens (tertiary/aromatic N) is 4. The molecule has 0 N–H and O–H groups in total. The zero-order valence-electron chi connectivity index (χ0n) is 13.7. The third-order valence-electron chi connectivity index (χ3n) is 4.57. The maximum absolute atomic E-state index is 12.9. The van der Waals surface area contributed by atoms with Crippen LogP contribution in [0.1, 0.15) is 40.8 Å². The number of hydrogen-bond acceptors (Lipinski definition) is 4. The molecule has 1 aliphatic heterocycles. The predicted octanol–water partition coefficient (Wildman–Crippen LogP) is 3.40. The Morgan fingerprint density at radius 3 is 3.04 bits per heavy atom. The number of fused-ring (bicyclic) bond motifs is 1. The van der Waals surface area contributed by atoms with Crippen molar-refractivity contribution in [1.29, 1.82) is 0 Å². The van der Waals surface area contributed by atoms with Crippen LogP contribution in [0.5, 0.6) is 0 Å². The van der Waals surface area contributed by atoms with Crippen molar-refractivity contribution in [2.24, 2.45) is 0 Å². The predicted molar refractivity (Wildman–Crippen MR) is 94.1 cm³/mol. The molecule has 24 heavy (non-hydrogen) atoms.